The van der Waals surface area contributed by atoms with Crippen molar-refractivity contribution in [3.05, 3.63) is 72.3 Å². The predicted molar refractivity (Wildman–Crippen MR) is 108 cm³/mol. The average molecular weight is 392 g/mol. The van der Waals surface area contributed by atoms with Crippen LogP contribution in [0.25, 0.3) is 22.4 Å². The Morgan fingerprint density at radius 2 is 1.97 bits per heavy atom. The SMILES string of the molecule is Cc1nc2ccccc2n1CCNC(=O)CCc1ncc(-c2ccccc2F)o1. The highest BCUT2D eigenvalue weighted by atomic mass is 19.1. The molecule has 0 radical (unpaired) electrons. The minimum atomic E-state index is -0.365. The topological polar surface area (TPSA) is 73.0 Å². The molecule has 0 aliphatic heterocycles. The summed E-state index contributed by atoms with van der Waals surface area (Å²) in [4.78, 5) is 20.8. The molecule has 4 rings (SSSR count). The van der Waals surface area contributed by atoms with Gasteiger partial charge in [0.2, 0.25) is 5.91 Å². The van der Waals surface area contributed by atoms with Crippen molar-refractivity contribution in [2.24, 2.45) is 0 Å². The molecule has 2 heterocycles. The molecule has 0 saturated carbocycles. The van der Waals surface area contributed by atoms with Crippen molar-refractivity contribution in [3.63, 3.8) is 0 Å². The van der Waals surface area contributed by atoms with Gasteiger partial charge in [-0.1, -0.05) is 24.3 Å². The Morgan fingerprint density at radius 1 is 1.17 bits per heavy atom. The average Bonchev–Trinajstić information content (AvgIpc) is 3.31. The number of halogens is 1. The molecule has 1 N–H and O–H groups in total. The maximum absolute atomic E-state index is 13.8. The highest BCUT2D eigenvalue weighted by Gasteiger charge is 2.12. The van der Waals surface area contributed by atoms with Crippen LogP contribution in [0, 0.1) is 12.7 Å². The Balaban J connectivity index is 1.29. The molecule has 1 amide bonds. The zero-order valence-corrected chi connectivity index (χ0v) is 16.1. The van der Waals surface area contributed by atoms with Crippen LogP contribution in [-0.4, -0.2) is 27.0 Å². The van der Waals surface area contributed by atoms with Crippen molar-refractivity contribution >= 4 is 16.9 Å². The number of hydrogen-bond donors (Lipinski definition) is 1. The number of imidazole rings is 1. The van der Waals surface area contributed by atoms with Crippen molar-refractivity contribution in [1.82, 2.24) is 19.9 Å². The first-order valence-corrected chi connectivity index (χ1v) is 9.50. The molecule has 0 fully saturated rings. The fourth-order valence-electron chi connectivity index (χ4n) is 3.31. The van der Waals surface area contributed by atoms with Crippen LogP contribution in [0.4, 0.5) is 4.39 Å². The van der Waals surface area contributed by atoms with E-state index in [1.54, 1.807) is 18.2 Å². The molecule has 2 aromatic carbocycles. The predicted octanol–water partition coefficient (Wildman–Crippen LogP) is 3.89. The van der Waals surface area contributed by atoms with Crippen LogP contribution in [0.15, 0.2) is 59.1 Å². The molecule has 0 saturated heterocycles. The molecule has 0 spiro atoms. The molecule has 0 aliphatic rings. The van der Waals surface area contributed by atoms with E-state index in [2.05, 4.69) is 19.9 Å². The second-order valence-electron chi connectivity index (χ2n) is 6.75. The lowest BCUT2D eigenvalue weighted by Gasteiger charge is -2.08. The van der Waals surface area contributed by atoms with Crippen LogP contribution in [0.1, 0.15) is 18.1 Å². The third kappa shape index (κ3) is 4.18. The van der Waals surface area contributed by atoms with Crippen LogP contribution in [0.5, 0.6) is 0 Å². The monoisotopic (exact) mass is 392 g/mol. The Morgan fingerprint density at radius 3 is 2.83 bits per heavy atom. The number of amides is 1. The van der Waals surface area contributed by atoms with E-state index in [9.17, 15) is 9.18 Å². The fourth-order valence-corrected chi connectivity index (χ4v) is 3.31. The van der Waals surface area contributed by atoms with E-state index in [1.807, 2.05) is 31.2 Å². The Bertz CT molecular complexity index is 1150. The van der Waals surface area contributed by atoms with Crippen LogP contribution in [0.3, 0.4) is 0 Å². The second-order valence-corrected chi connectivity index (χ2v) is 6.75. The van der Waals surface area contributed by atoms with Gasteiger partial charge in [0.05, 0.1) is 22.8 Å². The first-order valence-electron chi connectivity index (χ1n) is 9.50. The van der Waals surface area contributed by atoms with Gasteiger partial charge >= 0.3 is 0 Å². The number of hydrogen-bond acceptors (Lipinski definition) is 4. The molecular formula is C22H21FN4O2. The fraction of sp³-hybridized carbons (Fsp3) is 0.227. The third-order valence-corrected chi connectivity index (χ3v) is 4.76. The summed E-state index contributed by atoms with van der Waals surface area (Å²) in [6, 6.07) is 14.3. The summed E-state index contributed by atoms with van der Waals surface area (Å²) in [5.74, 6) is 1.24. The van der Waals surface area contributed by atoms with E-state index in [0.717, 1.165) is 16.9 Å². The lowest BCUT2D eigenvalue weighted by Crippen LogP contribution is -2.27. The quantitative estimate of drug-likeness (QED) is 0.518. The normalized spacial score (nSPS) is 11.1. The van der Waals surface area contributed by atoms with Crippen LogP contribution in [-0.2, 0) is 17.8 Å². The summed E-state index contributed by atoms with van der Waals surface area (Å²) in [6.45, 7) is 3.11. The molecule has 0 unspecified atom stereocenters. The minimum absolute atomic E-state index is 0.0854. The molecule has 0 aliphatic carbocycles. The second kappa shape index (κ2) is 8.26. The van der Waals surface area contributed by atoms with E-state index in [1.165, 1.54) is 12.3 Å². The lowest BCUT2D eigenvalue weighted by atomic mass is 10.2. The van der Waals surface area contributed by atoms with Gasteiger partial charge in [-0.25, -0.2) is 14.4 Å². The van der Waals surface area contributed by atoms with Crippen molar-refractivity contribution in [2.45, 2.75) is 26.3 Å². The molecule has 0 bridgehead atoms. The van der Waals surface area contributed by atoms with Crippen molar-refractivity contribution < 1.29 is 13.6 Å². The van der Waals surface area contributed by atoms with E-state index in [0.29, 0.717) is 36.7 Å². The van der Waals surface area contributed by atoms with E-state index in [4.69, 9.17) is 4.42 Å². The summed E-state index contributed by atoms with van der Waals surface area (Å²) >= 11 is 0. The van der Waals surface area contributed by atoms with Gasteiger partial charge in [0.1, 0.15) is 11.6 Å². The molecule has 7 heteroatoms. The van der Waals surface area contributed by atoms with Gasteiger partial charge in [0.25, 0.3) is 0 Å². The standard InChI is InChI=1S/C22H21FN4O2/c1-15-26-18-8-4-5-9-19(18)27(15)13-12-24-21(28)10-11-22-25-14-20(29-22)16-6-2-3-7-17(16)23/h2-9,14H,10-13H2,1H3,(H,24,28). The number of carbonyl (C=O) groups is 1. The van der Waals surface area contributed by atoms with Gasteiger partial charge in [0.15, 0.2) is 11.7 Å². The van der Waals surface area contributed by atoms with Crippen LogP contribution >= 0.6 is 0 Å². The summed E-state index contributed by atoms with van der Waals surface area (Å²) in [7, 11) is 0. The Kier molecular flexibility index (Phi) is 5.37. The minimum Gasteiger partial charge on any atom is -0.441 e. The highest BCUT2D eigenvalue weighted by Crippen LogP contribution is 2.23. The largest absolute Gasteiger partial charge is 0.441 e. The van der Waals surface area contributed by atoms with Crippen LogP contribution < -0.4 is 5.32 Å². The van der Waals surface area contributed by atoms with Gasteiger partial charge in [-0.15, -0.1) is 0 Å². The number of nitrogens with zero attached hydrogens (tertiary/aromatic N) is 3. The molecule has 29 heavy (non-hydrogen) atoms. The van der Waals surface area contributed by atoms with Gasteiger partial charge < -0.3 is 14.3 Å². The smallest absolute Gasteiger partial charge is 0.220 e. The summed E-state index contributed by atoms with van der Waals surface area (Å²) < 4.78 is 21.5. The number of benzene rings is 2. The number of aryl methyl sites for hydroxylation is 2. The van der Waals surface area contributed by atoms with Gasteiger partial charge in [-0.05, 0) is 31.2 Å². The molecule has 4 aromatic rings. The number of aromatic nitrogens is 3. The maximum Gasteiger partial charge on any atom is 0.220 e. The molecule has 6 nitrogen and oxygen atoms in total. The van der Waals surface area contributed by atoms with Gasteiger partial charge in [-0.3, -0.25) is 4.79 Å². The number of oxazole rings is 1. The van der Waals surface area contributed by atoms with E-state index >= 15 is 0 Å². The van der Waals surface area contributed by atoms with Crippen molar-refractivity contribution in [2.75, 3.05) is 6.54 Å². The highest BCUT2D eigenvalue weighted by molar-refractivity contribution is 5.77. The molecule has 2 aromatic heterocycles. The number of fused-ring (bicyclic) bond motifs is 1. The molecule has 0 atom stereocenters. The zero-order chi connectivity index (χ0) is 20.2. The number of para-hydroxylation sites is 2. The van der Waals surface area contributed by atoms with Gasteiger partial charge in [-0.2, -0.15) is 0 Å². The Hall–Kier alpha value is -3.48. The first kappa shape index (κ1) is 18.9. The lowest BCUT2D eigenvalue weighted by molar-refractivity contribution is -0.121. The van der Waals surface area contributed by atoms with E-state index < -0.39 is 0 Å². The third-order valence-electron chi connectivity index (χ3n) is 4.76. The summed E-state index contributed by atoms with van der Waals surface area (Å²) in [5, 5.41) is 2.91. The molecule has 148 valence electrons. The Labute approximate surface area is 167 Å². The number of rotatable bonds is 7. The number of carbonyl (C=O) groups excluding carboxylic acids is 1. The summed E-state index contributed by atoms with van der Waals surface area (Å²) in [5.41, 5.74) is 2.37. The number of nitrogens with one attached hydrogen (secondary N) is 1. The first-order chi connectivity index (χ1) is 14.1. The van der Waals surface area contributed by atoms with E-state index in [-0.39, 0.29) is 18.1 Å². The van der Waals surface area contributed by atoms with Crippen molar-refractivity contribution in [1.29, 1.82) is 0 Å². The van der Waals surface area contributed by atoms with Crippen molar-refractivity contribution in [3.8, 4) is 11.3 Å². The molecular weight excluding hydrogens is 371 g/mol. The van der Waals surface area contributed by atoms with Gasteiger partial charge in [0, 0.05) is 25.9 Å². The van der Waals surface area contributed by atoms with Crippen LogP contribution in [0.2, 0.25) is 0 Å². The maximum atomic E-state index is 13.8. The zero-order valence-electron chi connectivity index (χ0n) is 16.1. The summed E-state index contributed by atoms with van der Waals surface area (Å²) in [6.07, 6.45) is 2.09.